The zero-order valence-corrected chi connectivity index (χ0v) is 15.8. The topological polar surface area (TPSA) is 76.1 Å². The van der Waals surface area contributed by atoms with E-state index < -0.39 is 0 Å². The highest BCUT2D eigenvalue weighted by Crippen LogP contribution is 2.26. The third kappa shape index (κ3) is 4.61. The van der Waals surface area contributed by atoms with Crippen LogP contribution in [0.1, 0.15) is 27.3 Å². The van der Waals surface area contributed by atoms with Gasteiger partial charge in [0, 0.05) is 11.4 Å². The number of anilines is 3. The molecule has 2 aromatic carbocycles. The van der Waals surface area contributed by atoms with E-state index in [4.69, 9.17) is 4.74 Å². The molecule has 1 aromatic heterocycles. The van der Waals surface area contributed by atoms with E-state index in [1.54, 1.807) is 13.2 Å². The van der Waals surface area contributed by atoms with Crippen molar-refractivity contribution in [2.24, 2.45) is 0 Å². The molecule has 0 unspecified atom stereocenters. The van der Waals surface area contributed by atoms with Crippen molar-refractivity contribution in [3.05, 3.63) is 71.0 Å². The van der Waals surface area contributed by atoms with Gasteiger partial charge in [-0.15, -0.1) is 0 Å². The van der Waals surface area contributed by atoms with Gasteiger partial charge in [0.2, 0.25) is 5.95 Å². The quantitative estimate of drug-likeness (QED) is 0.703. The molecule has 0 aliphatic rings. The Morgan fingerprint density at radius 1 is 0.963 bits per heavy atom. The first-order valence-corrected chi connectivity index (χ1v) is 8.60. The SMILES string of the molecule is COc1ccc(C)cc1NC(=O)c1cc(C)nc(Nc2cccc(C)c2)n1. The van der Waals surface area contributed by atoms with Gasteiger partial charge in [0.15, 0.2) is 0 Å². The molecule has 0 aliphatic carbocycles. The number of nitrogens with one attached hydrogen (secondary N) is 2. The summed E-state index contributed by atoms with van der Waals surface area (Å²) >= 11 is 0. The molecular weight excluding hydrogens is 340 g/mol. The second kappa shape index (κ2) is 7.86. The zero-order valence-electron chi connectivity index (χ0n) is 15.8. The van der Waals surface area contributed by atoms with Crippen LogP contribution in [0.5, 0.6) is 5.75 Å². The Hall–Kier alpha value is -3.41. The van der Waals surface area contributed by atoms with E-state index in [1.807, 2.05) is 63.2 Å². The second-order valence-electron chi connectivity index (χ2n) is 6.37. The predicted octanol–water partition coefficient (Wildman–Crippen LogP) is 4.41. The summed E-state index contributed by atoms with van der Waals surface area (Å²) in [6.45, 7) is 5.79. The first kappa shape index (κ1) is 18.4. The molecule has 1 heterocycles. The van der Waals surface area contributed by atoms with Crippen molar-refractivity contribution in [1.82, 2.24) is 9.97 Å². The molecule has 6 nitrogen and oxygen atoms in total. The summed E-state index contributed by atoms with van der Waals surface area (Å²) < 4.78 is 5.31. The summed E-state index contributed by atoms with van der Waals surface area (Å²) in [5, 5.41) is 6.01. The van der Waals surface area contributed by atoms with Crippen LogP contribution in [0, 0.1) is 20.8 Å². The molecule has 1 amide bonds. The summed E-state index contributed by atoms with van der Waals surface area (Å²) in [4.78, 5) is 21.4. The van der Waals surface area contributed by atoms with E-state index in [0.717, 1.165) is 16.8 Å². The third-order valence-electron chi connectivity index (χ3n) is 3.96. The van der Waals surface area contributed by atoms with E-state index in [9.17, 15) is 4.79 Å². The van der Waals surface area contributed by atoms with Crippen LogP contribution in [0.25, 0.3) is 0 Å². The van der Waals surface area contributed by atoms with E-state index in [0.29, 0.717) is 23.1 Å². The standard InChI is InChI=1S/C21H22N4O2/c1-13-6-5-7-16(10-13)23-21-22-15(3)12-18(25-21)20(26)24-17-11-14(2)8-9-19(17)27-4/h5-12H,1-4H3,(H,24,26)(H,22,23,25). The average Bonchev–Trinajstić information content (AvgIpc) is 2.61. The van der Waals surface area contributed by atoms with Crippen molar-refractivity contribution in [3.63, 3.8) is 0 Å². The molecule has 138 valence electrons. The van der Waals surface area contributed by atoms with Gasteiger partial charge in [0.25, 0.3) is 5.91 Å². The number of rotatable bonds is 5. The fourth-order valence-corrected chi connectivity index (χ4v) is 2.70. The number of benzene rings is 2. The lowest BCUT2D eigenvalue weighted by Gasteiger charge is -2.12. The van der Waals surface area contributed by atoms with Crippen LogP contribution in [0.2, 0.25) is 0 Å². The lowest BCUT2D eigenvalue weighted by Crippen LogP contribution is -2.16. The van der Waals surface area contributed by atoms with Gasteiger partial charge in [-0.3, -0.25) is 4.79 Å². The lowest BCUT2D eigenvalue weighted by atomic mass is 10.2. The Kier molecular flexibility index (Phi) is 5.35. The van der Waals surface area contributed by atoms with Crippen LogP contribution in [-0.2, 0) is 0 Å². The number of amides is 1. The van der Waals surface area contributed by atoms with Crippen LogP contribution >= 0.6 is 0 Å². The highest BCUT2D eigenvalue weighted by Gasteiger charge is 2.14. The van der Waals surface area contributed by atoms with Crippen LogP contribution in [0.3, 0.4) is 0 Å². The van der Waals surface area contributed by atoms with Crippen molar-refractivity contribution >= 4 is 23.2 Å². The predicted molar refractivity (Wildman–Crippen MR) is 107 cm³/mol. The Balaban J connectivity index is 1.85. The number of ether oxygens (including phenoxy) is 1. The molecule has 0 atom stereocenters. The molecule has 0 bridgehead atoms. The fraction of sp³-hybridized carbons (Fsp3) is 0.190. The zero-order chi connectivity index (χ0) is 19.4. The first-order chi connectivity index (χ1) is 12.9. The molecule has 0 aliphatic heterocycles. The molecule has 3 aromatic rings. The number of hydrogen-bond donors (Lipinski definition) is 2. The lowest BCUT2D eigenvalue weighted by molar-refractivity contribution is 0.102. The molecule has 0 fully saturated rings. The largest absolute Gasteiger partial charge is 0.495 e. The van der Waals surface area contributed by atoms with Crippen LogP contribution in [0.4, 0.5) is 17.3 Å². The first-order valence-electron chi connectivity index (χ1n) is 8.60. The minimum atomic E-state index is -0.323. The summed E-state index contributed by atoms with van der Waals surface area (Å²) in [7, 11) is 1.57. The molecule has 6 heteroatoms. The van der Waals surface area contributed by atoms with Crippen molar-refractivity contribution in [1.29, 1.82) is 0 Å². The van der Waals surface area contributed by atoms with Gasteiger partial charge < -0.3 is 15.4 Å². The van der Waals surface area contributed by atoms with Crippen molar-refractivity contribution in [2.45, 2.75) is 20.8 Å². The van der Waals surface area contributed by atoms with Gasteiger partial charge in [-0.1, -0.05) is 18.2 Å². The monoisotopic (exact) mass is 362 g/mol. The number of carbonyl (C=O) groups is 1. The number of nitrogens with zero attached hydrogens (tertiary/aromatic N) is 2. The fourth-order valence-electron chi connectivity index (χ4n) is 2.70. The van der Waals surface area contributed by atoms with Gasteiger partial charge >= 0.3 is 0 Å². The molecular formula is C21H22N4O2. The Labute approximate surface area is 158 Å². The smallest absolute Gasteiger partial charge is 0.274 e. The van der Waals surface area contributed by atoms with Crippen LogP contribution in [-0.4, -0.2) is 23.0 Å². The van der Waals surface area contributed by atoms with Crippen LogP contribution < -0.4 is 15.4 Å². The third-order valence-corrected chi connectivity index (χ3v) is 3.96. The second-order valence-corrected chi connectivity index (χ2v) is 6.37. The highest BCUT2D eigenvalue weighted by molar-refractivity contribution is 6.04. The maximum Gasteiger partial charge on any atom is 0.274 e. The Morgan fingerprint density at radius 3 is 2.48 bits per heavy atom. The summed E-state index contributed by atoms with van der Waals surface area (Å²) in [5.74, 6) is 0.650. The molecule has 0 radical (unpaired) electrons. The van der Waals surface area contributed by atoms with Gasteiger partial charge in [-0.25, -0.2) is 9.97 Å². The Morgan fingerprint density at radius 2 is 1.74 bits per heavy atom. The summed E-state index contributed by atoms with van der Waals surface area (Å²) in [6, 6.07) is 15.1. The number of methoxy groups -OCH3 is 1. The van der Waals surface area contributed by atoms with Crippen molar-refractivity contribution < 1.29 is 9.53 Å². The minimum Gasteiger partial charge on any atom is -0.495 e. The summed E-state index contributed by atoms with van der Waals surface area (Å²) in [5.41, 5.74) is 4.59. The highest BCUT2D eigenvalue weighted by atomic mass is 16.5. The molecule has 3 rings (SSSR count). The van der Waals surface area contributed by atoms with E-state index >= 15 is 0 Å². The van der Waals surface area contributed by atoms with E-state index in [1.165, 1.54) is 0 Å². The molecule has 0 saturated carbocycles. The van der Waals surface area contributed by atoms with Gasteiger partial charge in [-0.2, -0.15) is 0 Å². The Bertz CT molecular complexity index is 986. The minimum absolute atomic E-state index is 0.279. The normalized spacial score (nSPS) is 10.4. The van der Waals surface area contributed by atoms with Gasteiger partial charge in [0.05, 0.1) is 12.8 Å². The maximum absolute atomic E-state index is 12.7. The number of aryl methyl sites for hydroxylation is 3. The number of hydrogen-bond acceptors (Lipinski definition) is 5. The maximum atomic E-state index is 12.7. The average molecular weight is 362 g/mol. The number of aromatic nitrogens is 2. The summed E-state index contributed by atoms with van der Waals surface area (Å²) in [6.07, 6.45) is 0. The molecule has 0 saturated heterocycles. The molecule has 0 spiro atoms. The van der Waals surface area contributed by atoms with Gasteiger partial charge in [-0.05, 0) is 62.2 Å². The van der Waals surface area contributed by atoms with Crippen LogP contribution in [0.15, 0.2) is 48.5 Å². The van der Waals surface area contributed by atoms with E-state index in [-0.39, 0.29) is 11.6 Å². The van der Waals surface area contributed by atoms with Crippen molar-refractivity contribution in [2.75, 3.05) is 17.7 Å². The molecule has 27 heavy (non-hydrogen) atoms. The molecule has 2 N–H and O–H groups in total. The van der Waals surface area contributed by atoms with E-state index in [2.05, 4.69) is 20.6 Å². The van der Waals surface area contributed by atoms with Gasteiger partial charge in [0.1, 0.15) is 11.4 Å². The number of carbonyl (C=O) groups excluding carboxylic acids is 1. The van der Waals surface area contributed by atoms with Crippen molar-refractivity contribution in [3.8, 4) is 5.75 Å².